The molecule has 16 heteroatoms. The first-order valence-corrected chi connectivity index (χ1v) is 13.0. The van der Waals surface area contributed by atoms with Crippen LogP contribution in [0.5, 0.6) is 0 Å². The molecule has 0 aromatic heterocycles. The first-order valence-electron chi connectivity index (χ1n) is 10.8. The molecule has 1 fully saturated rings. The third kappa shape index (κ3) is 7.48. The van der Waals surface area contributed by atoms with Crippen molar-refractivity contribution in [1.82, 2.24) is 0 Å². The molecule has 7 atom stereocenters. The van der Waals surface area contributed by atoms with Gasteiger partial charge < -0.3 is 39.8 Å². The van der Waals surface area contributed by atoms with Gasteiger partial charge in [0.2, 0.25) is 5.91 Å². The molecule has 14 nitrogen and oxygen atoms in total. The number of hydrogen-bond donors (Lipinski definition) is 5. The summed E-state index contributed by atoms with van der Waals surface area (Å²) in [5.41, 5.74) is -0.201. The number of carbonyl (C=O) groups excluding carboxylic acids is 2. The predicted octanol–water partition coefficient (Wildman–Crippen LogP) is -1.08. The van der Waals surface area contributed by atoms with Crippen molar-refractivity contribution in [2.75, 3.05) is 11.9 Å². The molecule has 37 heavy (non-hydrogen) atoms. The van der Waals surface area contributed by atoms with Crippen molar-refractivity contribution in [2.45, 2.75) is 54.7 Å². The van der Waals surface area contributed by atoms with Gasteiger partial charge in [-0.05, 0) is 11.6 Å². The maximum Gasteiger partial charge on any atom is 0.307 e. The third-order valence-corrected chi connectivity index (χ3v) is 6.93. The number of para-hydroxylation sites is 1. The van der Waals surface area contributed by atoms with Crippen molar-refractivity contribution in [2.24, 2.45) is 5.16 Å². The number of ether oxygens (including phenoxy) is 2. The first-order chi connectivity index (χ1) is 17.4. The molecule has 2 aliphatic heterocycles. The van der Waals surface area contributed by atoms with Crippen LogP contribution in [0.25, 0.3) is 0 Å². The smallest absolute Gasteiger partial charge is 0.307 e. The number of esters is 1. The Kier molecular flexibility index (Phi) is 9.65. The van der Waals surface area contributed by atoms with E-state index >= 15 is 0 Å². The molecule has 0 radical (unpaired) electrons. The van der Waals surface area contributed by atoms with Crippen LogP contribution < -0.4 is 5.32 Å². The van der Waals surface area contributed by atoms with Crippen LogP contribution in [-0.4, -0.2) is 92.9 Å². The highest BCUT2D eigenvalue weighted by Crippen LogP contribution is 2.35. The van der Waals surface area contributed by atoms with Crippen molar-refractivity contribution >= 4 is 44.8 Å². The fraction of sp³-hybridized carbons (Fsp3) is 0.476. The second-order valence-electron chi connectivity index (χ2n) is 8.08. The van der Waals surface area contributed by atoms with Crippen molar-refractivity contribution in [3.8, 4) is 0 Å². The zero-order valence-electron chi connectivity index (χ0n) is 19.1. The number of aliphatic hydroxyl groups excluding tert-OH is 4. The largest absolute Gasteiger partial charge is 0.714 e. The molecule has 204 valence electrons. The third-order valence-electron chi connectivity index (χ3n) is 5.53. The van der Waals surface area contributed by atoms with Gasteiger partial charge in [-0.2, -0.15) is 8.42 Å². The number of carbonyl (C=O) groups is 2. The molecule has 5 N–H and O–H groups in total. The number of anilines is 1. The number of rotatable bonds is 10. The molecule has 0 saturated carbocycles. The molecule has 0 aliphatic carbocycles. The van der Waals surface area contributed by atoms with Gasteiger partial charge in [0.05, 0.1) is 18.9 Å². The standard InChI is InChI=1S/C21H26N2O12S2/c1-2-10(33-16(25)8-12-11-5-3-4-6-13(11)22-20(12)29)7-15(23-35-37(30,31)32)36-21-19(28)18(27)17(26)14(9-24)34-21/h2-6,10,12,14,17-19,21,24,26-28H,1,7-9H2,(H,22,29)(H,30,31,32)/p-1/b23-15-/t10?,12?,14-,17-,18+,19-,21+/m1/s1. The zero-order chi connectivity index (χ0) is 27.3. The molecule has 2 aliphatic rings. The Morgan fingerprint density at radius 3 is 2.62 bits per heavy atom. The number of hydrogen-bond acceptors (Lipinski definition) is 14. The molecular formula is C21H25N2O12S2-. The lowest BCUT2D eigenvalue weighted by Crippen LogP contribution is -2.57. The molecule has 2 heterocycles. The average Bonchev–Trinajstić information content (AvgIpc) is 3.16. The van der Waals surface area contributed by atoms with E-state index in [1.807, 2.05) is 0 Å². The van der Waals surface area contributed by atoms with Crippen LogP contribution in [-0.2, 0) is 33.7 Å². The van der Waals surface area contributed by atoms with Crippen LogP contribution in [0, 0.1) is 0 Å². The van der Waals surface area contributed by atoms with E-state index in [1.165, 1.54) is 6.08 Å². The highest BCUT2D eigenvalue weighted by Gasteiger charge is 2.44. The second-order valence-corrected chi connectivity index (χ2v) is 10.2. The van der Waals surface area contributed by atoms with Crippen LogP contribution in [0.3, 0.4) is 0 Å². The van der Waals surface area contributed by atoms with Gasteiger partial charge in [0.1, 0.15) is 41.0 Å². The first kappa shape index (κ1) is 29.0. The van der Waals surface area contributed by atoms with E-state index < -0.39 is 71.3 Å². The van der Waals surface area contributed by atoms with Gasteiger partial charge in [0, 0.05) is 12.1 Å². The number of oxime groups is 1. The van der Waals surface area contributed by atoms with E-state index in [0.717, 1.165) is 0 Å². The second kappa shape index (κ2) is 12.3. The Morgan fingerprint density at radius 2 is 1.97 bits per heavy atom. The van der Waals surface area contributed by atoms with E-state index in [9.17, 15) is 43.0 Å². The van der Waals surface area contributed by atoms with Crippen LogP contribution in [0.15, 0.2) is 42.1 Å². The molecular weight excluding hydrogens is 536 g/mol. The van der Waals surface area contributed by atoms with Crippen molar-refractivity contribution < 1.29 is 56.7 Å². The highest BCUT2D eigenvalue weighted by molar-refractivity contribution is 8.14. The van der Waals surface area contributed by atoms with Crippen LogP contribution >= 0.6 is 11.8 Å². The normalized spacial score (nSPS) is 28.7. The summed E-state index contributed by atoms with van der Waals surface area (Å²) in [5, 5.41) is 45.1. The van der Waals surface area contributed by atoms with Gasteiger partial charge in [-0.15, -0.1) is 0 Å². The Bertz CT molecular complexity index is 1140. The van der Waals surface area contributed by atoms with E-state index in [2.05, 4.69) is 21.3 Å². The van der Waals surface area contributed by atoms with E-state index in [1.54, 1.807) is 24.3 Å². The van der Waals surface area contributed by atoms with Gasteiger partial charge in [-0.3, -0.25) is 13.9 Å². The lowest BCUT2D eigenvalue weighted by atomic mass is 9.97. The topological polar surface area (TPSA) is 224 Å². The number of thioether (sulfide) groups is 1. The molecule has 1 aromatic rings. The number of fused-ring (bicyclic) bond motifs is 1. The number of benzene rings is 1. The monoisotopic (exact) mass is 561 g/mol. The minimum absolute atomic E-state index is 0.315. The number of aliphatic hydroxyl groups is 4. The van der Waals surface area contributed by atoms with Gasteiger partial charge in [0.15, 0.2) is 0 Å². The maximum absolute atomic E-state index is 12.6. The summed E-state index contributed by atoms with van der Waals surface area (Å²) in [5.74, 6) is -1.97. The lowest BCUT2D eigenvalue weighted by Gasteiger charge is -2.39. The molecule has 1 amide bonds. The molecule has 2 unspecified atom stereocenters. The molecule has 3 rings (SSSR count). The van der Waals surface area contributed by atoms with Crippen molar-refractivity contribution in [1.29, 1.82) is 0 Å². The minimum Gasteiger partial charge on any atom is -0.714 e. The van der Waals surface area contributed by atoms with Gasteiger partial charge >= 0.3 is 5.97 Å². The number of nitrogens with one attached hydrogen (secondary N) is 1. The summed E-state index contributed by atoms with van der Waals surface area (Å²) in [6, 6.07) is 6.83. The van der Waals surface area contributed by atoms with Crippen LogP contribution in [0.4, 0.5) is 5.69 Å². The zero-order valence-corrected chi connectivity index (χ0v) is 20.7. The number of amides is 1. The van der Waals surface area contributed by atoms with Crippen LogP contribution in [0.2, 0.25) is 0 Å². The summed E-state index contributed by atoms with van der Waals surface area (Å²) in [6.07, 6.45) is -7.06. The minimum atomic E-state index is -5.29. The maximum atomic E-state index is 12.6. The number of nitrogens with zero attached hydrogens (tertiary/aromatic N) is 1. The van der Waals surface area contributed by atoms with E-state index in [0.29, 0.717) is 23.0 Å². The van der Waals surface area contributed by atoms with Gasteiger partial charge in [0.25, 0.3) is 10.4 Å². The summed E-state index contributed by atoms with van der Waals surface area (Å²) in [6.45, 7) is 2.82. The van der Waals surface area contributed by atoms with E-state index in [4.69, 9.17) is 9.47 Å². The van der Waals surface area contributed by atoms with Crippen molar-refractivity contribution in [3.05, 3.63) is 42.5 Å². The molecule has 0 bridgehead atoms. The average molecular weight is 562 g/mol. The molecule has 1 aromatic carbocycles. The van der Waals surface area contributed by atoms with Crippen LogP contribution in [0.1, 0.15) is 24.3 Å². The fourth-order valence-corrected chi connectivity index (χ4v) is 5.04. The van der Waals surface area contributed by atoms with E-state index in [-0.39, 0.29) is 17.4 Å². The van der Waals surface area contributed by atoms with Gasteiger partial charge in [-0.1, -0.05) is 47.8 Å². The molecule has 1 saturated heterocycles. The summed E-state index contributed by atoms with van der Waals surface area (Å²) < 4.78 is 47.4. The van der Waals surface area contributed by atoms with Gasteiger partial charge in [-0.25, -0.2) is 0 Å². The Morgan fingerprint density at radius 1 is 1.27 bits per heavy atom. The van der Waals surface area contributed by atoms with Crippen molar-refractivity contribution in [3.63, 3.8) is 0 Å². The fourth-order valence-electron chi connectivity index (χ4n) is 3.70. The summed E-state index contributed by atoms with van der Waals surface area (Å²) >= 11 is 0.498. The predicted molar refractivity (Wildman–Crippen MR) is 127 cm³/mol. The highest BCUT2D eigenvalue weighted by atomic mass is 32.3. The summed E-state index contributed by atoms with van der Waals surface area (Å²) in [7, 11) is -5.29. The SMILES string of the molecule is C=CC(C/C(=N/OS(=O)(=O)[O-])S[C@@H]1O[C@H](CO)[C@@H](O)[C@H](O)[C@H]1O)OC(=O)CC1C(=O)Nc2ccccc21. The Labute approximate surface area is 215 Å². The Balaban J connectivity index is 1.71. The Hall–Kier alpha value is -2.57. The quantitative estimate of drug-likeness (QED) is 0.0437. The lowest BCUT2D eigenvalue weighted by molar-refractivity contribution is -0.205. The summed E-state index contributed by atoms with van der Waals surface area (Å²) in [4.78, 5) is 24.9. The molecule has 0 spiro atoms.